The molecule has 0 radical (unpaired) electrons. The summed E-state index contributed by atoms with van der Waals surface area (Å²) in [4.78, 5) is 40.0. The average Bonchev–Trinajstić information content (AvgIpc) is 2.33. The largest absolute Gasteiger partial charge is 2.00 e. The summed E-state index contributed by atoms with van der Waals surface area (Å²) >= 11 is 0. The van der Waals surface area contributed by atoms with Gasteiger partial charge in [0, 0.05) is 24.9 Å². The van der Waals surface area contributed by atoms with Gasteiger partial charge in [-0.25, -0.2) is 0 Å². The van der Waals surface area contributed by atoms with E-state index in [0.29, 0.717) is 0 Å². The van der Waals surface area contributed by atoms with Crippen molar-refractivity contribution in [2.75, 3.05) is 0 Å². The average molecular weight is 330 g/mol. The fourth-order valence-electron chi connectivity index (χ4n) is 0.831. The summed E-state index contributed by atoms with van der Waals surface area (Å²) in [6.07, 6.45) is 0.0413. The third kappa shape index (κ3) is 19.1. The number of carbonyl (C=O) groups is 4. The van der Waals surface area contributed by atoms with Crippen LogP contribution in [0.15, 0.2) is 0 Å². The zero-order chi connectivity index (χ0) is 16.3. The van der Waals surface area contributed by atoms with E-state index in [1.165, 1.54) is 0 Å². The van der Waals surface area contributed by atoms with Gasteiger partial charge < -0.3 is 42.7 Å². The monoisotopic (exact) mass is 330 g/mol. The molecule has 2 unspecified atom stereocenters. The van der Waals surface area contributed by atoms with Crippen LogP contribution in [0.4, 0.5) is 0 Å². The van der Waals surface area contributed by atoms with Gasteiger partial charge in [0.05, 0.1) is 11.9 Å². The summed E-state index contributed by atoms with van der Waals surface area (Å²) in [6, 6.07) is -2.18. The van der Waals surface area contributed by atoms with E-state index in [-0.39, 0.29) is 63.4 Å². The summed E-state index contributed by atoms with van der Waals surface area (Å²) in [5, 5.41) is 19.8. The first-order valence-corrected chi connectivity index (χ1v) is 5.57. The Labute approximate surface area is 151 Å². The first kappa shape index (κ1) is 25.0. The first-order chi connectivity index (χ1) is 9.07. The number of carbonyl (C=O) groups excluding carboxylic acids is 4. The maximum atomic E-state index is 10.1. The molecule has 0 aromatic rings. The summed E-state index contributed by atoms with van der Waals surface area (Å²) in [5.74, 6) is -3.84. The molecule has 0 aromatic carbocycles. The van der Waals surface area contributed by atoms with Crippen LogP contribution in [0.2, 0.25) is 0 Å². The van der Waals surface area contributed by atoms with Gasteiger partial charge >= 0.3 is 37.7 Å². The predicted octanol–water partition coefficient (Wildman–Crippen LogP) is -5.72. The number of rotatable bonds is 8. The van der Waals surface area contributed by atoms with E-state index >= 15 is 0 Å². The smallest absolute Gasteiger partial charge is 0.548 e. The van der Waals surface area contributed by atoms with Gasteiger partial charge in [-0.15, -0.1) is 0 Å². The molecular formula is C10H18CaN4O6. The Morgan fingerprint density at radius 2 is 1.00 bits per heavy atom. The second-order valence-electron chi connectivity index (χ2n) is 3.86. The minimum Gasteiger partial charge on any atom is -0.548 e. The number of aliphatic carboxylic acids is 2. The molecule has 0 saturated carbocycles. The third-order valence-electron chi connectivity index (χ3n) is 2.01. The molecule has 0 fully saturated rings. The number of carboxylic acids is 2. The van der Waals surface area contributed by atoms with E-state index < -0.39 is 35.8 Å². The van der Waals surface area contributed by atoms with Crippen LogP contribution in [0.5, 0.6) is 0 Å². The molecule has 2 amide bonds. The van der Waals surface area contributed by atoms with Crippen LogP contribution in [0.25, 0.3) is 0 Å². The summed E-state index contributed by atoms with van der Waals surface area (Å²) < 4.78 is 0. The second kappa shape index (κ2) is 14.0. The fourth-order valence-corrected chi connectivity index (χ4v) is 0.831. The van der Waals surface area contributed by atoms with Gasteiger partial charge in [0.1, 0.15) is 0 Å². The second-order valence-corrected chi connectivity index (χ2v) is 3.86. The van der Waals surface area contributed by atoms with E-state index in [1.807, 2.05) is 0 Å². The van der Waals surface area contributed by atoms with Crippen LogP contribution >= 0.6 is 0 Å². The summed E-state index contributed by atoms with van der Waals surface area (Å²) in [6.45, 7) is 0. The van der Waals surface area contributed by atoms with Gasteiger partial charge in [-0.3, -0.25) is 9.59 Å². The number of primary amides is 2. The van der Waals surface area contributed by atoms with Crippen LogP contribution in [-0.4, -0.2) is 73.6 Å². The molecular weight excluding hydrogens is 312 g/mol. The van der Waals surface area contributed by atoms with Gasteiger partial charge in [0.25, 0.3) is 0 Å². The maximum Gasteiger partial charge on any atom is 2.00 e. The van der Waals surface area contributed by atoms with Crippen molar-refractivity contribution in [2.24, 2.45) is 22.9 Å². The van der Waals surface area contributed by atoms with Crippen molar-refractivity contribution in [2.45, 2.75) is 37.8 Å². The van der Waals surface area contributed by atoms with Crippen molar-refractivity contribution in [3.8, 4) is 0 Å². The van der Waals surface area contributed by atoms with Gasteiger partial charge in [0.15, 0.2) is 0 Å². The molecule has 10 nitrogen and oxygen atoms in total. The Hall–Kier alpha value is -0.940. The molecule has 0 aliphatic carbocycles. The molecule has 11 heteroatoms. The number of hydrogen-bond acceptors (Lipinski definition) is 8. The maximum absolute atomic E-state index is 10.1. The minimum atomic E-state index is -1.36. The molecule has 0 saturated heterocycles. The molecule has 8 N–H and O–H groups in total. The standard InChI is InChI=1S/2C5H10N2O3.Ca/c2*6-3(5(9)10)1-2-4(7)8;/h2*3H,1-2,6H2,(H2,7,8)(H,9,10);/q;;+2/p-2. The van der Waals surface area contributed by atoms with E-state index in [4.69, 9.17) is 22.9 Å². The number of hydrogen-bond donors (Lipinski definition) is 4. The van der Waals surface area contributed by atoms with E-state index in [0.717, 1.165) is 0 Å². The van der Waals surface area contributed by atoms with Crippen molar-refractivity contribution in [1.29, 1.82) is 0 Å². The quantitative estimate of drug-likeness (QED) is 0.313. The predicted molar refractivity (Wildman–Crippen MR) is 68.6 cm³/mol. The molecule has 116 valence electrons. The molecule has 0 spiro atoms. The zero-order valence-electron chi connectivity index (χ0n) is 11.4. The van der Waals surface area contributed by atoms with Gasteiger partial charge in [-0.2, -0.15) is 0 Å². The minimum absolute atomic E-state index is 0. The summed E-state index contributed by atoms with van der Waals surface area (Å²) in [5.41, 5.74) is 19.5. The van der Waals surface area contributed by atoms with Gasteiger partial charge in [-0.05, 0) is 12.8 Å². The molecule has 0 aliphatic heterocycles. The van der Waals surface area contributed by atoms with Crippen LogP contribution in [0, 0.1) is 0 Å². The Morgan fingerprint density at radius 1 is 0.762 bits per heavy atom. The van der Waals surface area contributed by atoms with E-state index in [2.05, 4.69) is 0 Å². The van der Waals surface area contributed by atoms with Crippen molar-refractivity contribution in [3.63, 3.8) is 0 Å². The Kier molecular flexibility index (Phi) is 16.7. The van der Waals surface area contributed by atoms with Crippen LogP contribution in [-0.2, 0) is 19.2 Å². The molecule has 0 bridgehead atoms. The van der Waals surface area contributed by atoms with Gasteiger partial charge in [0.2, 0.25) is 11.8 Å². The molecule has 0 aromatic heterocycles. The fraction of sp³-hybridized carbons (Fsp3) is 0.600. The Bertz CT molecular complexity index is 331. The summed E-state index contributed by atoms with van der Waals surface area (Å²) in [7, 11) is 0. The zero-order valence-corrected chi connectivity index (χ0v) is 13.7. The van der Waals surface area contributed by atoms with Crippen molar-refractivity contribution >= 4 is 61.5 Å². The molecule has 0 heterocycles. The molecule has 21 heavy (non-hydrogen) atoms. The van der Waals surface area contributed by atoms with E-state index in [9.17, 15) is 29.4 Å². The van der Waals surface area contributed by atoms with E-state index in [1.54, 1.807) is 0 Å². The molecule has 2 atom stereocenters. The van der Waals surface area contributed by atoms with Crippen LogP contribution in [0.1, 0.15) is 25.7 Å². The number of nitrogens with two attached hydrogens (primary N) is 4. The molecule has 0 aliphatic rings. The Balaban J connectivity index is -0.000000295. The SMILES string of the molecule is NC(=O)CCC(N)C(=O)[O-].NC(=O)CCC(N)C(=O)[O-].[Ca+2]. The van der Waals surface area contributed by atoms with Crippen molar-refractivity contribution < 1.29 is 29.4 Å². The van der Waals surface area contributed by atoms with Crippen molar-refractivity contribution in [3.05, 3.63) is 0 Å². The normalized spacial score (nSPS) is 11.9. The Morgan fingerprint density at radius 3 is 1.14 bits per heavy atom. The topological polar surface area (TPSA) is 218 Å². The molecule has 0 rings (SSSR count). The number of amides is 2. The van der Waals surface area contributed by atoms with Gasteiger partial charge in [-0.1, -0.05) is 0 Å². The van der Waals surface area contributed by atoms with Crippen molar-refractivity contribution in [1.82, 2.24) is 0 Å². The van der Waals surface area contributed by atoms with Crippen LogP contribution < -0.4 is 33.1 Å². The first-order valence-electron chi connectivity index (χ1n) is 5.57. The van der Waals surface area contributed by atoms with Crippen LogP contribution in [0.3, 0.4) is 0 Å². The number of carboxylic acid groups (broad SMARTS) is 2. The third-order valence-corrected chi connectivity index (χ3v) is 2.01.